The molecule has 1 aromatic heterocycles. The number of allylic oxidation sites excluding steroid dienone is 1. The summed E-state index contributed by atoms with van der Waals surface area (Å²) in [6.45, 7) is 8.63. The van der Waals surface area contributed by atoms with Crippen LogP contribution in [0, 0.1) is 0 Å². The average Bonchev–Trinajstić information content (AvgIpc) is 3.17. The van der Waals surface area contributed by atoms with Gasteiger partial charge in [0, 0.05) is 31.6 Å². The first-order chi connectivity index (χ1) is 15.6. The van der Waals surface area contributed by atoms with E-state index in [0.29, 0.717) is 12.2 Å². The second-order valence-corrected chi connectivity index (χ2v) is 7.75. The highest BCUT2D eigenvalue weighted by molar-refractivity contribution is 5.94. The number of ether oxygens (including phenoxy) is 2. The molecule has 32 heavy (non-hydrogen) atoms. The number of carbonyl (C=O) groups excluding carboxylic acids is 1. The van der Waals surface area contributed by atoms with Crippen molar-refractivity contribution in [3.63, 3.8) is 0 Å². The van der Waals surface area contributed by atoms with Crippen molar-refractivity contribution < 1.29 is 14.3 Å². The fourth-order valence-electron chi connectivity index (χ4n) is 4.30. The van der Waals surface area contributed by atoms with Crippen molar-refractivity contribution >= 4 is 28.6 Å². The lowest BCUT2D eigenvalue weighted by atomic mass is 9.94. The molecule has 0 spiro atoms. The molecule has 7 heteroatoms. The number of nitrogens with one attached hydrogen (secondary N) is 1. The predicted molar refractivity (Wildman–Crippen MR) is 127 cm³/mol. The third kappa shape index (κ3) is 3.96. The van der Waals surface area contributed by atoms with E-state index in [2.05, 4.69) is 52.9 Å². The Morgan fingerprint density at radius 1 is 1.09 bits per heavy atom. The third-order valence-corrected chi connectivity index (χ3v) is 5.91. The number of hydrogen-bond donors (Lipinski definition) is 1. The van der Waals surface area contributed by atoms with Crippen molar-refractivity contribution in [1.82, 2.24) is 9.55 Å². The van der Waals surface area contributed by atoms with Gasteiger partial charge in [-0.15, -0.1) is 0 Å². The van der Waals surface area contributed by atoms with Crippen molar-refractivity contribution in [2.45, 2.75) is 26.8 Å². The number of hydrogen-bond acceptors (Lipinski definition) is 6. The molecular formula is C25H30N4O3. The zero-order valence-electron chi connectivity index (χ0n) is 19.1. The van der Waals surface area contributed by atoms with Crippen molar-refractivity contribution in [1.29, 1.82) is 0 Å². The molecule has 1 atom stereocenters. The molecule has 1 unspecified atom stereocenters. The maximum absolute atomic E-state index is 13.2. The van der Waals surface area contributed by atoms with Gasteiger partial charge in [0.05, 0.1) is 29.3 Å². The van der Waals surface area contributed by atoms with Gasteiger partial charge in [-0.25, -0.2) is 9.78 Å². The standard InChI is InChI=1S/C25H30N4O3/c1-5-28(6-2)19-13-11-18(12-14-19)23-22(24(30)32-16-15-31-4)17(3)26-25-27-20-9-7-8-10-21(20)29(23)25/h7-14,23H,5-6,15-16H2,1-4H3,(H,26,27). The number of para-hydroxylation sites is 2. The van der Waals surface area contributed by atoms with Gasteiger partial charge in [0.1, 0.15) is 6.61 Å². The van der Waals surface area contributed by atoms with E-state index in [1.807, 2.05) is 31.2 Å². The Morgan fingerprint density at radius 2 is 1.81 bits per heavy atom. The maximum Gasteiger partial charge on any atom is 0.338 e. The quantitative estimate of drug-likeness (QED) is 0.420. The Kier molecular flexibility index (Phi) is 6.46. The van der Waals surface area contributed by atoms with Gasteiger partial charge in [-0.05, 0) is 50.6 Å². The van der Waals surface area contributed by atoms with Crippen molar-refractivity contribution in [3.8, 4) is 0 Å². The molecule has 168 valence electrons. The normalized spacial score (nSPS) is 15.4. The molecule has 4 rings (SSSR count). The van der Waals surface area contributed by atoms with Crippen LogP contribution in [-0.2, 0) is 14.3 Å². The van der Waals surface area contributed by atoms with Gasteiger partial charge in [-0.3, -0.25) is 4.57 Å². The molecular weight excluding hydrogens is 404 g/mol. The van der Waals surface area contributed by atoms with Crippen LogP contribution >= 0.6 is 0 Å². The summed E-state index contributed by atoms with van der Waals surface area (Å²) in [5, 5.41) is 3.31. The van der Waals surface area contributed by atoms with E-state index < -0.39 is 0 Å². The van der Waals surface area contributed by atoms with Crippen molar-refractivity contribution in [3.05, 3.63) is 65.4 Å². The topological polar surface area (TPSA) is 68.6 Å². The van der Waals surface area contributed by atoms with E-state index in [1.165, 1.54) is 0 Å². The van der Waals surface area contributed by atoms with E-state index in [-0.39, 0.29) is 18.6 Å². The van der Waals surface area contributed by atoms with Crippen LogP contribution < -0.4 is 10.2 Å². The summed E-state index contributed by atoms with van der Waals surface area (Å²) < 4.78 is 12.7. The highest BCUT2D eigenvalue weighted by Crippen LogP contribution is 2.39. The van der Waals surface area contributed by atoms with E-state index >= 15 is 0 Å². The van der Waals surface area contributed by atoms with E-state index in [4.69, 9.17) is 14.5 Å². The van der Waals surface area contributed by atoms with Crippen molar-refractivity contribution in [2.75, 3.05) is 43.6 Å². The van der Waals surface area contributed by atoms with E-state index in [0.717, 1.165) is 47.0 Å². The van der Waals surface area contributed by atoms with Crippen LogP contribution in [0.5, 0.6) is 0 Å². The minimum atomic E-state index is -0.353. The summed E-state index contributed by atoms with van der Waals surface area (Å²) in [5.41, 5.74) is 5.32. The molecule has 0 amide bonds. The van der Waals surface area contributed by atoms with Crippen LogP contribution in [0.25, 0.3) is 11.0 Å². The molecule has 7 nitrogen and oxygen atoms in total. The summed E-state index contributed by atoms with van der Waals surface area (Å²) in [5.74, 6) is 0.364. The zero-order valence-corrected chi connectivity index (χ0v) is 19.1. The number of nitrogens with zero attached hydrogens (tertiary/aromatic N) is 3. The number of anilines is 2. The second-order valence-electron chi connectivity index (χ2n) is 7.75. The highest BCUT2D eigenvalue weighted by atomic mass is 16.6. The maximum atomic E-state index is 13.2. The Hall–Kier alpha value is -3.32. The van der Waals surface area contributed by atoms with Crippen LogP contribution in [0.2, 0.25) is 0 Å². The number of methoxy groups -OCH3 is 1. The van der Waals surface area contributed by atoms with Crippen LogP contribution in [0.4, 0.5) is 11.6 Å². The summed E-state index contributed by atoms with van der Waals surface area (Å²) in [4.78, 5) is 20.2. The number of carbonyl (C=O) groups is 1. The third-order valence-electron chi connectivity index (χ3n) is 5.91. The molecule has 1 N–H and O–H groups in total. The smallest absolute Gasteiger partial charge is 0.338 e. The molecule has 0 bridgehead atoms. The van der Waals surface area contributed by atoms with Gasteiger partial charge in [-0.2, -0.15) is 0 Å². The summed E-state index contributed by atoms with van der Waals surface area (Å²) in [6.07, 6.45) is 0. The highest BCUT2D eigenvalue weighted by Gasteiger charge is 2.35. The van der Waals surface area contributed by atoms with Crippen LogP contribution in [0.3, 0.4) is 0 Å². The first-order valence-corrected chi connectivity index (χ1v) is 11.0. The number of fused-ring (bicyclic) bond motifs is 3. The number of benzene rings is 2. The molecule has 2 heterocycles. The average molecular weight is 435 g/mol. The Bertz CT molecular complexity index is 1130. The summed E-state index contributed by atoms with van der Waals surface area (Å²) in [6, 6.07) is 16.0. The fourth-order valence-corrected chi connectivity index (χ4v) is 4.30. The molecule has 0 aliphatic carbocycles. The number of aromatic nitrogens is 2. The Labute approximate surface area is 188 Å². The zero-order chi connectivity index (χ0) is 22.7. The minimum Gasteiger partial charge on any atom is -0.460 e. The fraction of sp³-hybridized carbons (Fsp3) is 0.360. The first kappa shape index (κ1) is 21.9. The predicted octanol–water partition coefficient (Wildman–Crippen LogP) is 4.36. The Balaban J connectivity index is 1.82. The molecule has 3 aromatic rings. The number of esters is 1. The van der Waals surface area contributed by atoms with E-state index in [9.17, 15) is 4.79 Å². The monoisotopic (exact) mass is 434 g/mol. The van der Waals surface area contributed by atoms with Gasteiger partial charge in [0.15, 0.2) is 0 Å². The molecule has 0 saturated heterocycles. The SMILES string of the molecule is CCN(CC)c1ccc(C2C(C(=O)OCCOC)=C(C)Nc3nc4ccccc4n32)cc1. The number of imidazole rings is 1. The number of rotatable bonds is 8. The van der Waals surface area contributed by atoms with E-state index in [1.54, 1.807) is 7.11 Å². The van der Waals surface area contributed by atoms with Crippen molar-refractivity contribution in [2.24, 2.45) is 0 Å². The van der Waals surface area contributed by atoms with Crippen LogP contribution in [0.15, 0.2) is 59.8 Å². The summed E-state index contributed by atoms with van der Waals surface area (Å²) in [7, 11) is 1.59. The molecule has 0 fully saturated rings. The van der Waals surface area contributed by atoms with Gasteiger partial charge in [-0.1, -0.05) is 24.3 Å². The van der Waals surface area contributed by atoms with Crippen LogP contribution in [0.1, 0.15) is 32.4 Å². The summed E-state index contributed by atoms with van der Waals surface area (Å²) >= 11 is 0. The van der Waals surface area contributed by atoms with Gasteiger partial charge in [0.25, 0.3) is 0 Å². The minimum absolute atomic E-state index is 0.206. The lowest BCUT2D eigenvalue weighted by Crippen LogP contribution is -2.29. The Morgan fingerprint density at radius 3 is 2.50 bits per heavy atom. The van der Waals surface area contributed by atoms with Gasteiger partial charge in [0.2, 0.25) is 5.95 Å². The second kappa shape index (κ2) is 9.44. The van der Waals surface area contributed by atoms with Crippen LogP contribution in [-0.4, -0.2) is 48.9 Å². The molecule has 0 radical (unpaired) electrons. The lowest BCUT2D eigenvalue weighted by molar-refractivity contribution is -0.140. The van der Waals surface area contributed by atoms with Gasteiger partial charge >= 0.3 is 5.97 Å². The first-order valence-electron chi connectivity index (χ1n) is 11.0. The largest absolute Gasteiger partial charge is 0.460 e. The molecule has 2 aromatic carbocycles. The molecule has 0 saturated carbocycles. The molecule has 1 aliphatic rings. The lowest BCUT2D eigenvalue weighted by Gasteiger charge is -2.30. The molecule has 1 aliphatic heterocycles. The van der Waals surface area contributed by atoms with Gasteiger partial charge < -0.3 is 19.7 Å².